The second-order valence-electron chi connectivity index (χ2n) is 4.88. The van der Waals surface area contributed by atoms with Crippen LogP contribution in [0, 0.1) is 24.0 Å². The number of H-pyrrole nitrogens is 1. The number of aromatic nitrogens is 5. The highest BCUT2D eigenvalue weighted by molar-refractivity contribution is 5.68. The highest BCUT2D eigenvalue weighted by Crippen LogP contribution is 2.27. The summed E-state index contributed by atoms with van der Waals surface area (Å²) < 4.78 is 0. The summed E-state index contributed by atoms with van der Waals surface area (Å²) in [6.45, 7) is 3.72. The monoisotopic (exact) mass is 311 g/mol. The highest BCUT2D eigenvalue weighted by atomic mass is 16.6. The van der Waals surface area contributed by atoms with Gasteiger partial charge < -0.3 is 0 Å². The number of aromatic amines is 1. The fourth-order valence-electron chi connectivity index (χ4n) is 2.15. The molecule has 2 heterocycles. The van der Waals surface area contributed by atoms with Gasteiger partial charge in [-0.2, -0.15) is 4.98 Å². The van der Waals surface area contributed by atoms with Gasteiger partial charge in [0, 0.05) is 17.5 Å². The molecule has 0 radical (unpaired) electrons. The lowest BCUT2D eigenvalue weighted by Crippen LogP contribution is -2.01. The molecule has 0 aliphatic rings. The number of benzene rings is 1. The number of aryl methyl sites for hydroxylation is 2. The third kappa shape index (κ3) is 3.12. The molecule has 0 aliphatic heterocycles. The maximum Gasteiger partial charge on any atom is 0.280 e. The number of anilines is 2. The van der Waals surface area contributed by atoms with Crippen LogP contribution in [0.25, 0.3) is 11.4 Å². The van der Waals surface area contributed by atoms with Crippen LogP contribution in [-0.4, -0.2) is 30.1 Å². The first-order valence-electron chi connectivity index (χ1n) is 6.78. The zero-order valence-electron chi connectivity index (χ0n) is 12.4. The van der Waals surface area contributed by atoms with E-state index >= 15 is 0 Å². The Morgan fingerprint density at radius 2 is 1.78 bits per heavy atom. The third-order valence-corrected chi connectivity index (χ3v) is 3.05. The molecule has 23 heavy (non-hydrogen) atoms. The molecule has 3 rings (SSSR count). The van der Waals surface area contributed by atoms with Crippen LogP contribution in [0.3, 0.4) is 0 Å². The third-order valence-electron chi connectivity index (χ3n) is 3.05. The Bertz CT molecular complexity index is 855. The zero-order valence-corrected chi connectivity index (χ0v) is 12.4. The molecule has 2 N–H and O–H groups in total. The van der Waals surface area contributed by atoms with Gasteiger partial charge in [0.05, 0.1) is 10.5 Å². The summed E-state index contributed by atoms with van der Waals surface area (Å²) in [5.74, 6) is 0.905. The van der Waals surface area contributed by atoms with Crippen LogP contribution in [0.4, 0.5) is 17.6 Å². The van der Waals surface area contributed by atoms with Gasteiger partial charge >= 0.3 is 0 Å². The maximum atomic E-state index is 11.1. The van der Waals surface area contributed by atoms with Gasteiger partial charge in [0.2, 0.25) is 11.9 Å². The predicted molar refractivity (Wildman–Crippen MR) is 83.3 cm³/mol. The van der Waals surface area contributed by atoms with Crippen molar-refractivity contribution >= 4 is 17.6 Å². The van der Waals surface area contributed by atoms with Gasteiger partial charge in [-0.05, 0) is 26.0 Å². The maximum absolute atomic E-state index is 11.1. The lowest BCUT2D eigenvalue weighted by atomic mass is 10.2. The van der Waals surface area contributed by atoms with Crippen molar-refractivity contribution in [1.82, 2.24) is 25.1 Å². The summed E-state index contributed by atoms with van der Waals surface area (Å²) in [7, 11) is 0. The molecule has 2 aromatic heterocycles. The minimum atomic E-state index is -0.460. The summed E-state index contributed by atoms with van der Waals surface area (Å²) in [4.78, 5) is 23.3. The number of hydrogen-bond donors (Lipinski definition) is 2. The zero-order chi connectivity index (χ0) is 16.4. The van der Waals surface area contributed by atoms with E-state index in [0.29, 0.717) is 17.3 Å². The number of para-hydroxylation sites is 1. The van der Waals surface area contributed by atoms with E-state index in [0.717, 1.165) is 11.4 Å². The summed E-state index contributed by atoms with van der Waals surface area (Å²) in [6, 6.07) is 8.17. The van der Waals surface area contributed by atoms with Gasteiger partial charge in [-0.1, -0.05) is 12.1 Å². The molecule has 0 fully saturated rings. The Kier molecular flexibility index (Phi) is 3.67. The largest absolute Gasteiger partial charge is 0.291 e. The summed E-state index contributed by atoms with van der Waals surface area (Å²) in [5, 5.41) is 20.6. The van der Waals surface area contributed by atoms with E-state index in [1.165, 1.54) is 6.07 Å². The molecule has 0 atom stereocenters. The van der Waals surface area contributed by atoms with Crippen LogP contribution < -0.4 is 5.32 Å². The van der Waals surface area contributed by atoms with E-state index in [-0.39, 0.29) is 11.6 Å². The molecule has 116 valence electrons. The van der Waals surface area contributed by atoms with E-state index in [4.69, 9.17) is 0 Å². The average Bonchev–Trinajstić information content (AvgIpc) is 2.94. The number of nitrogens with one attached hydrogen (secondary N) is 2. The summed E-state index contributed by atoms with van der Waals surface area (Å²) >= 11 is 0. The molecular formula is C14H13N7O2. The van der Waals surface area contributed by atoms with E-state index in [1.807, 2.05) is 19.9 Å². The van der Waals surface area contributed by atoms with Crippen molar-refractivity contribution in [2.45, 2.75) is 13.8 Å². The van der Waals surface area contributed by atoms with Crippen molar-refractivity contribution in [1.29, 1.82) is 0 Å². The average molecular weight is 311 g/mol. The Hall–Kier alpha value is -3.36. The van der Waals surface area contributed by atoms with E-state index in [9.17, 15) is 10.1 Å². The number of nitro groups is 1. The number of nitro benzene ring substituents is 1. The van der Waals surface area contributed by atoms with Crippen molar-refractivity contribution < 1.29 is 4.92 Å². The second kappa shape index (κ2) is 5.79. The Balaban J connectivity index is 1.91. The van der Waals surface area contributed by atoms with Gasteiger partial charge in [-0.3, -0.25) is 20.5 Å². The normalized spacial score (nSPS) is 10.5. The molecule has 9 nitrogen and oxygen atoms in total. The van der Waals surface area contributed by atoms with Crippen LogP contribution >= 0.6 is 0 Å². The van der Waals surface area contributed by atoms with Crippen LogP contribution in [0.2, 0.25) is 0 Å². The number of hydrogen-bond acceptors (Lipinski definition) is 7. The molecule has 0 bridgehead atoms. The Morgan fingerprint density at radius 1 is 1.09 bits per heavy atom. The van der Waals surface area contributed by atoms with Gasteiger partial charge in [-0.25, -0.2) is 9.97 Å². The fourth-order valence-corrected chi connectivity index (χ4v) is 2.15. The first kappa shape index (κ1) is 14.6. The lowest BCUT2D eigenvalue weighted by molar-refractivity contribution is -0.384. The standard InChI is InChI=1S/C14H13N7O2/c1-8-7-9(2)16-13(15-8)18-14-17-12(19-20-14)10-5-3-4-6-11(10)21(22)23/h3-7H,1-2H3,(H2,15,16,17,18,19,20). The van der Waals surface area contributed by atoms with E-state index < -0.39 is 4.92 Å². The van der Waals surface area contributed by atoms with E-state index in [1.54, 1.807) is 18.2 Å². The van der Waals surface area contributed by atoms with Crippen molar-refractivity contribution in [3.05, 3.63) is 51.8 Å². The SMILES string of the molecule is Cc1cc(C)nc(Nc2n[nH]c(-c3ccccc3[N+](=O)[O-])n2)n1. The molecule has 0 aliphatic carbocycles. The van der Waals surface area contributed by atoms with Gasteiger partial charge in [-0.15, -0.1) is 5.10 Å². The fraction of sp³-hybridized carbons (Fsp3) is 0.143. The highest BCUT2D eigenvalue weighted by Gasteiger charge is 2.17. The minimum Gasteiger partial charge on any atom is -0.291 e. The first-order chi connectivity index (χ1) is 11.0. The lowest BCUT2D eigenvalue weighted by Gasteiger charge is -2.02. The Morgan fingerprint density at radius 3 is 2.48 bits per heavy atom. The molecule has 0 spiro atoms. The quantitative estimate of drug-likeness (QED) is 0.560. The van der Waals surface area contributed by atoms with Crippen LogP contribution in [0.5, 0.6) is 0 Å². The number of rotatable bonds is 4. The first-order valence-corrected chi connectivity index (χ1v) is 6.78. The topological polar surface area (TPSA) is 123 Å². The Labute approximate surface area is 131 Å². The van der Waals surface area contributed by atoms with Crippen LogP contribution in [-0.2, 0) is 0 Å². The molecule has 3 aromatic rings. The van der Waals surface area contributed by atoms with Crippen molar-refractivity contribution in [3.8, 4) is 11.4 Å². The summed E-state index contributed by atoms with van der Waals surface area (Å²) in [5.41, 5.74) is 1.95. The second-order valence-corrected chi connectivity index (χ2v) is 4.88. The van der Waals surface area contributed by atoms with Crippen molar-refractivity contribution in [2.75, 3.05) is 5.32 Å². The van der Waals surface area contributed by atoms with Crippen LogP contribution in [0.15, 0.2) is 30.3 Å². The molecule has 1 aromatic carbocycles. The minimum absolute atomic E-state index is 0.0437. The molecule has 0 amide bonds. The molecule has 0 unspecified atom stereocenters. The molecular weight excluding hydrogens is 298 g/mol. The van der Waals surface area contributed by atoms with Gasteiger partial charge in [0.25, 0.3) is 5.69 Å². The van der Waals surface area contributed by atoms with Crippen molar-refractivity contribution in [2.24, 2.45) is 0 Å². The smallest absolute Gasteiger partial charge is 0.280 e. The van der Waals surface area contributed by atoms with Crippen LogP contribution in [0.1, 0.15) is 11.4 Å². The van der Waals surface area contributed by atoms with E-state index in [2.05, 4.69) is 30.5 Å². The van der Waals surface area contributed by atoms with Crippen molar-refractivity contribution in [3.63, 3.8) is 0 Å². The van der Waals surface area contributed by atoms with Gasteiger partial charge in [0.15, 0.2) is 5.82 Å². The molecule has 0 saturated heterocycles. The summed E-state index contributed by atoms with van der Waals surface area (Å²) in [6.07, 6.45) is 0. The molecule has 9 heteroatoms. The number of nitrogens with zero attached hydrogens (tertiary/aromatic N) is 5. The predicted octanol–water partition coefficient (Wildman–Crippen LogP) is 2.53. The molecule has 0 saturated carbocycles. The van der Waals surface area contributed by atoms with Gasteiger partial charge in [0.1, 0.15) is 0 Å².